The molecule has 0 aliphatic rings. The highest BCUT2D eigenvalue weighted by molar-refractivity contribution is 7.92. The normalized spacial score (nSPS) is 12.0. The maximum absolute atomic E-state index is 14.0. The number of hydrogen-bond donors (Lipinski definition) is 1. The van der Waals surface area contributed by atoms with Gasteiger partial charge >= 0.3 is 0 Å². The van der Waals surface area contributed by atoms with Crippen LogP contribution >= 0.6 is 0 Å². The van der Waals surface area contributed by atoms with Crippen LogP contribution in [-0.2, 0) is 26.2 Å². The Hall–Kier alpha value is -4.05. The zero-order chi connectivity index (χ0) is 30.2. The van der Waals surface area contributed by atoms with Crippen molar-refractivity contribution in [3.8, 4) is 11.5 Å². The van der Waals surface area contributed by atoms with Gasteiger partial charge in [-0.3, -0.25) is 13.9 Å². The number of carbonyl (C=O) groups is 2. The minimum atomic E-state index is -4.17. The topological polar surface area (TPSA) is 105 Å². The van der Waals surface area contributed by atoms with Crippen molar-refractivity contribution in [2.75, 3.05) is 31.6 Å². The first-order valence-electron chi connectivity index (χ1n) is 13.4. The van der Waals surface area contributed by atoms with E-state index in [9.17, 15) is 18.0 Å². The predicted molar refractivity (Wildman–Crippen MR) is 160 cm³/mol. The van der Waals surface area contributed by atoms with Crippen molar-refractivity contribution in [3.63, 3.8) is 0 Å². The minimum absolute atomic E-state index is 0.0424. The van der Waals surface area contributed by atoms with Gasteiger partial charge in [0.1, 0.15) is 24.1 Å². The monoisotopic (exact) mass is 581 g/mol. The van der Waals surface area contributed by atoms with Gasteiger partial charge < -0.3 is 19.7 Å². The van der Waals surface area contributed by atoms with Gasteiger partial charge in [-0.25, -0.2) is 8.42 Å². The standard InChI is InChI=1S/C31H39N3O6S/c1-22(2)19-32-31(36)24(4)33(20-25-9-7-11-27(17-25)39-5)30(35)21-34(26-10-8-12-28(18-26)40-6)41(37,38)29-15-13-23(3)14-16-29/h7-18,22,24H,19-21H2,1-6H3,(H,32,36)/t24-/m1/s1. The van der Waals surface area contributed by atoms with E-state index < -0.39 is 28.5 Å². The van der Waals surface area contributed by atoms with Crippen LogP contribution in [0.3, 0.4) is 0 Å². The van der Waals surface area contributed by atoms with Crippen molar-refractivity contribution in [1.29, 1.82) is 0 Å². The molecule has 1 atom stereocenters. The van der Waals surface area contributed by atoms with Crippen molar-refractivity contribution in [2.24, 2.45) is 5.92 Å². The number of rotatable bonds is 13. The number of benzene rings is 3. The summed E-state index contributed by atoms with van der Waals surface area (Å²) in [5.41, 5.74) is 1.89. The largest absolute Gasteiger partial charge is 0.497 e. The van der Waals surface area contributed by atoms with Gasteiger partial charge in [-0.05, 0) is 61.7 Å². The first-order chi connectivity index (χ1) is 19.5. The summed E-state index contributed by atoms with van der Waals surface area (Å²) in [5.74, 6) is 0.389. The molecule has 3 aromatic carbocycles. The van der Waals surface area contributed by atoms with E-state index in [0.29, 0.717) is 18.0 Å². The Balaban J connectivity index is 2.04. The lowest BCUT2D eigenvalue weighted by Crippen LogP contribution is -2.51. The smallest absolute Gasteiger partial charge is 0.264 e. The van der Waals surface area contributed by atoms with Crippen molar-refractivity contribution in [2.45, 2.75) is 45.2 Å². The van der Waals surface area contributed by atoms with E-state index in [4.69, 9.17) is 9.47 Å². The molecule has 0 unspecified atom stereocenters. The number of hydrogen-bond acceptors (Lipinski definition) is 6. The van der Waals surface area contributed by atoms with Gasteiger partial charge in [-0.15, -0.1) is 0 Å². The van der Waals surface area contributed by atoms with Crippen LogP contribution in [0, 0.1) is 12.8 Å². The number of aryl methyl sites for hydroxylation is 1. The molecule has 0 aliphatic heterocycles. The second kappa shape index (κ2) is 14.0. The van der Waals surface area contributed by atoms with Crippen molar-refractivity contribution in [1.82, 2.24) is 10.2 Å². The number of sulfonamides is 1. The van der Waals surface area contributed by atoms with Gasteiger partial charge in [0.25, 0.3) is 10.0 Å². The molecule has 0 saturated heterocycles. The van der Waals surface area contributed by atoms with Crippen LogP contribution in [0.1, 0.15) is 31.9 Å². The molecule has 0 saturated carbocycles. The Bertz CT molecular complexity index is 1440. The first kappa shape index (κ1) is 31.5. The van der Waals surface area contributed by atoms with Crippen LogP contribution in [0.5, 0.6) is 11.5 Å². The fraction of sp³-hybridized carbons (Fsp3) is 0.355. The van der Waals surface area contributed by atoms with E-state index in [0.717, 1.165) is 15.4 Å². The Kier molecular flexibility index (Phi) is 10.8. The summed E-state index contributed by atoms with van der Waals surface area (Å²) < 4.78 is 39.6. The molecule has 0 bridgehead atoms. The molecular formula is C31H39N3O6S. The summed E-state index contributed by atoms with van der Waals surface area (Å²) >= 11 is 0. The molecule has 3 aromatic rings. The van der Waals surface area contributed by atoms with Crippen LogP contribution < -0.4 is 19.1 Å². The molecule has 2 amide bonds. The Morgan fingerprint density at radius 3 is 2.10 bits per heavy atom. The first-order valence-corrected chi connectivity index (χ1v) is 14.8. The summed E-state index contributed by atoms with van der Waals surface area (Å²) in [6, 6.07) is 19.3. The third-order valence-electron chi connectivity index (χ3n) is 6.57. The third kappa shape index (κ3) is 8.23. The molecule has 0 fully saturated rings. The van der Waals surface area contributed by atoms with Gasteiger partial charge in [0.05, 0.1) is 24.8 Å². The number of nitrogens with one attached hydrogen (secondary N) is 1. The average molecular weight is 582 g/mol. The van der Waals surface area contributed by atoms with Crippen LogP contribution in [0.15, 0.2) is 77.7 Å². The van der Waals surface area contributed by atoms with Gasteiger partial charge in [0.15, 0.2) is 0 Å². The van der Waals surface area contributed by atoms with E-state index in [1.54, 1.807) is 68.6 Å². The highest BCUT2D eigenvalue weighted by Crippen LogP contribution is 2.28. The molecule has 0 radical (unpaired) electrons. The number of anilines is 1. The second-order valence-electron chi connectivity index (χ2n) is 10.2. The molecule has 10 heteroatoms. The van der Waals surface area contributed by atoms with E-state index in [2.05, 4.69) is 5.32 Å². The zero-order valence-electron chi connectivity index (χ0n) is 24.5. The molecule has 220 valence electrons. The highest BCUT2D eigenvalue weighted by Gasteiger charge is 2.32. The van der Waals surface area contributed by atoms with E-state index >= 15 is 0 Å². The zero-order valence-corrected chi connectivity index (χ0v) is 25.3. The molecule has 1 N–H and O–H groups in total. The van der Waals surface area contributed by atoms with E-state index in [1.807, 2.05) is 26.8 Å². The molecule has 0 aromatic heterocycles. The fourth-order valence-electron chi connectivity index (χ4n) is 4.13. The Morgan fingerprint density at radius 2 is 1.49 bits per heavy atom. The highest BCUT2D eigenvalue weighted by atomic mass is 32.2. The van der Waals surface area contributed by atoms with Crippen LogP contribution in [0.25, 0.3) is 0 Å². The lowest BCUT2D eigenvalue weighted by Gasteiger charge is -2.32. The quantitative estimate of drug-likeness (QED) is 0.321. The number of nitrogens with zero attached hydrogens (tertiary/aromatic N) is 2. The molecular weight excluding hydrogens is 542 g/mol. The lowest BCUT2D eigenvalue weighted by atomic mass is 10.1. The van der Waals surface area contributed by atoms with Crippen molar-refractivity contribution >= 4 is 27.5 Å². The maximum atomic E-state index is 14.0. The molecule has 41 heavy (non-hydrogen) atoms. The van der Waals surface area contributed by atoms with Crippen LogP contribution in [0.2, 0.25) is 0 Å². The summed E-state index contributed by atoms with van der Waals surface area (Å²) in [4.78, 5) is 28.6. The minimum Gasteiger partial charge on any atom is -0.497 e. The number of ether oxygens (including phenoxy) is 2. The van der Waals surface area contributed by atoms with Gasteiger partial charge in [0, 0.05) is 19.2 Å². The summed E-state index contributed by atoms with van der Waals surface area (Å²) in [5, 5.41) is 2.88. The van der Waals surface area contributed by atoms with Crippen LogP contribution in [-0.4, -0.2) is 58.5 Å². The Labute approximate surface area is 243 Å². The SMILES string of the molecule is COc1cccc(CN(C(=O)CN(c2cccc(OC)c2)S(=O)(=O)c2ccc(C)cc2)[C@H](C)C(=O)NCC(C)C)c1. The molecule has 0 spiro atoms. The molecule has 3 rings (SSSR count). The fourth-order valence-corrected chi connectivity index (χ4v) is 5.54. The molecule has 0 aliphatic carbocycles. The van der Waals surface area contributed by atoms with Gasteiger partial charge in [-0.2, -0.15) is 0 Å². The van der Waals surface area contributed by atoms with Gasteiger partial charge in [0.2, 0.25) is 11.8 Å². The summed E-state index contributed by atoms with van der Waals surface area (Å²) in [6.07, 6.45) is 0. The maximum Gasteiger partial charge on any atom is 0.264 e. The molecule has 9 nitrogen and oxygen atoms in total. The number of methoxy groups -OCH3 is 2. The van der Waals surface area contributed by atoms with E-state index in [1.165, 1.54) is 24.1 Å². The summed E-state index contributed by atoms with van der Waals surface area (Å²) in [7, 11) is -1.14. The predicted octanol–water partition coefficient (Wildman–Crippen LogP) is 4.40. The van der Waals surface area contributed by atoms with Crippen LogP contribution in [0.4, 0.5) is 5.69 Å². The summed E-state index contributed by atoms with van der Waals surface area (Å²) in [6.45, 7) is 7.44. The average Bonchev–Trinajstić information content (AvgIpc) is 2.97. The van der Waals surface area contributed by atoms with Crippen molar-refractivity contribution < 1.29 is 27.5 Å². The van der Waals surface area contributed by atoms with Gasteiger partial charge in [-0.1, -0.05) is 49.7 Å². The third-order valence-corrected chi connectivity index (χ3v) is 8.36. The lowest BCUT2D eigenvalue weighted by molar-refractivity contribution is -0.139. The molecule has 0 heterocycles. The van der Waals surface area contributed by atoms with Crippen molar-refractivity contribution in [3.05, 3.63) is 83.9 Å². The van der Waals surface area contributed by atoms with E-state index in [-0.39, 0.29) is 29.0 Å². The second-order valence-corrected chi connectivity index (χ2v) is 12.1. The Morgan fingerprint density at radius 1 is 0.878 bits per heavy atom. The number of carbonyl (C=O) groups excluding carboxylic acids is 2. The number of amides is 2.